The molecule has 0 aliphatic carbocycles. The van der Waals surface area contributed by atoms with Crippen molar-refractivity contribution in [3.8, 4) is 11.5 Å². The van der Waals surface area contributed by atoms with E-state index in [1.165, 1.54) is 12.1 Å². The van der Waals surface area contributed by atoms with Crippen LogP contribution >= 0.6 is 11.6 Å². The largest absolute Gasteiger partial charge is 0.497 e. The number of sulfonamides is 1. The summed E-state index contributed by atoms with van der Waals surface area (Å²) in [5.74, 6) is 0.230. The van der Waals surface area contributed by atoms with Crippen molar-refractivity contribution in [3.05, 3.63) is 52.5 Å². The first-order chi connectivity index (χ1) is 12.2. The molecule has 0 aromatic heterocycles. The van der Waals surface area contributed by atoms with Crippen LogP contribution in [0.3, 0.4) is 0 Å². The summed E-state index contributed by atoms with van der Waals surface area (Å²) in [5, 5.41) is 0.0520. The van der Waals surface area contributed by atoms with Crippen molar-refractivity contribution in [1.29, 1.82) is 0 Å². The summed E-state index contributed by atoms with van der Waals surface area (Å²) in [6, 6.07) is 9.70. The van der Waals surface area contributed by atoms with E-state index in [4.69, 9.17) is 26.8 Å². The summed E-state index contributed by atoms with van der Waals surface area (Å²) in [5.41, 5.74) is 6.39. The molecule has 1 amide bonds. The Hall–Kier alpha value is -2.29. The van der Waals surface area contributed by atoms with Gasteiger partial charge in [0, 0.05) is 12.6 Å². The molecule has 2 aromatic carbocycles. The Morgan fingerprint density at radius 1 is 1.23 bits per heavy atom. The van der Waals surface area contributed by atoms with Crippen molar-refractivity contribution >= 4 is 27.5 Å². The van der Waals surface area contributed by atoms with E-state index in [2.05, 4.69) is 4.72 Å². The molecule has 0 aliphatic heterocycles. The standard InChI is InChI=1S/C17H19ClN2O5S/c1-11-7-14(18)16(8-15(11)25-10-17(19)21)26(22,23)20-9-12-3-5-13(24-2)6-4-12/h3-8,20H,9-10H2,1-2H3,(H2,19,21). The predicted octanol–water partition coefficient (Wildman–Crippen LogP) is 2.00. The van der Waals surface area contributed by atoms with Crippen LogP contribution in [-0.4, -0.2) is 28.0 Å². The first-order valence-electron chi connectivity index (χ1n) is 7.57. The molecular formula is C17H19ClN2O5S. The summed E-state index contributed by atoms with van der Waals surface area (Å²) in [4.78, 5) is 10.7. The third-order valence-electron chi connectivity index (χ3n) is 3.51. The molecule has 7 nitrogen and oxygen atoms in total. The van der Waals surface area contributed by atoms with Gasteiger partial charge >= 0.3 is 0 Å². The maximum atomic E-state index is 12.6. The van der Waals surface area contributed by atoms with Crippen LogP contribution < -0.4 is 19.9 Å². The SMILES string of the molecule is COc1ccc(CNS(=O)(=O)c2cc(OCC(N)=O)c(C)cc2Cl)cc1. The third kappa shape index (κ3) is 5.10. The Labute approximate surface area is 157 Å². The van der Waals surface area contributed by atoms with Gasteiger partial charge in [0.1, 0.15) is 16.4 Å². The predicted molar refractivity (Wildman–Crippen MR) is 97.9 cm³/mol. The zero-order valence-corrected chi connectivity index (χ0v) is 15.9. The van der Waals surface area contributed by atoms with Crippen LogP contribution in [0.5, 0.6) is 11.5 Å². The number of carbonyl (C=O) groups is 1. The molecule has 0 heterocycles. The van der Waals surface area contributed by atoms with Crippen LogP contribution in [0, 0.1) is 6.92 Å². The van der Waals surface area contributed by atoms with Gasteiger partial charge in [0.25, 0.3) is 5.91 Å². The molecule has 26 heavy (non-hydrogen) atoms. The Balaban J connectivity index is 2.20. The van der Waals surface area contributed by atoms with Gasteiger partial charge in [0.2, 0.25) is 10.0 Å². The second-order valence-electron chi connectivity index (χ2n) is 5.48. The van der Waals surface area contributed by atoms with Gasteiger partial charge in [-0.05, 0) is 36.2 Å². The second kappa shape index (κ2) is 8.39. The van der Waals surface area contributed by atoms with Crippen LogP contribution in [-0.2, 0) is 21.4 Å². The lowest BCUT2D eigenvalue weighted by atomic mass is 10.2. The molecule has 2 rings (SSSR count). The van der Waals surface area contributed by atoms with Crippen molar-refractivity contribution in [1.82, 2.24) is 4.72 Å². The van der Waals surface area contributed by atoms with Crippen LogP contribution in [0.1, 0.15) is 11.1 Å². The van der Waals surface area contributed by atoms with Gasteiger partial charge in [-0.2, -0.15) is 0 Å². The molecule has 0 atom stereocenters. The number of amides is 1. The van der Waals surface area contributed by atoms with Gasteiger partial charge in [-0.15, -0.1) is 0 Å². The minimum absolute atomic E-state index is 0.0520. The fraction of sp³-hybridized carbons (Fsp3) is 0.235. The minimum Gasteiger partial charge on any atom is -0.497 e. The smallest absolute Gasteiger partial charge is 0.255 e. The zero-order chi connectivity index (χ0) is 19.3. The summed E-state index contributed by atoms with van der Waals surface area (Å²) in [6.07, 6.45) is 0. The fourth-order valence-electron chi connectivity index (χ4n) is 2.14. The van der Waals surface area contributed by atoms with Crippen molar-refractivity contribution in [2.24, 2.45) is 5.73 Å². The quantitative estimate of drug-likeness (QED) is 0.707. The van der Waals surface area contributed by atoms with Crippen LogP contribution in [0.2, 0.25) is 5.02 Å². The van der Waals surface area contributed by atoms with Gasteiger partial charge < -0.3 is 15.2 Å². The van der Waals surface area contributed by atoms with Crippen LogP contribution in [0.4, 0.5) is 0 Å². The number of benzene rings is 2. The van der Waals surface area contributed by atoms with E-state index in [-0.39, 0.29) is 28.8 Å². The van der Waals surface area contributed by atoms with Crippen molar-refractivity contribution in [2.75, 3.05) is 13.7 Å². The van der Waals surface area contributed by atoms with E-state index in [1.54, 1.807) is 38.3 Å². The van der Waals surface area contributed by atoms with Gasteiger partial charge in [-0.3, -0.25) is 4.79 Å². The molecule has 0 saturated heterocycles. The third-order valence-corrected chi connectivity index (χ3v) is 5.38. The molecule has 0 aliphatic rings. The molecule has 0 radical (unpaired) electrons. The molecule has 0 fully saturated rings. The summed E-state index contributed by atoms with van der Waals surface area (Å²) in [7, 11) is -2.34. The molecule has 3 N–H and O–H groups in total. The van der Waals surface area contributed by atoms with Crippen LogP contribution in [0.15, 0.2) is 41.3 Å². The Morgan fingerprint density at radius 3 is 2.46 bits per heavy atom. The summed E-state index contributed by atoms with van der Waals surface area (Å²) in [6.45, 7) is 1.40. The lowest BCUT2D eigenvalue weighted by molar-refractivity contribution is -0.119. The number of halogens is 1. The highest BCUT2D eigenvalue weighted by Crippen LogP contribution is 2.30. The Kier molecular flexibility index (Phi) is 6.47. The van der Waals surface area contributed by atoms with Gasteiger partial charge in [0.15, 0.2) is 6.61 Å². The highest BCUT2D eigenvalue weighted by atomic mass is 35.5. The monoisotopic (exact) mass is 398 g/mol. The lowest BCUT2D eigenvalue weighted by Gasteiger charge is -2.13. The van der Waals surface area contributed by atoms with E-state index in [9.17, 15) is 13.2 Å². The average molecular weight is 399 g/mol. The molecule has 0 saturated carbocycles. The van der Waals surface area contributed by atoms with Crippen molar-refractivity contribution in [3.63, 3.8) is 0 Å². The molecule has 0 spiro atoms. The highest BCUT2D eigenvalue weighted by Gasteiger charge is 2.20. The number of primary amides is 1. The van der Waals surface area contributed by atoms with E-state index in [0.29, 0.717) is 11.3 Å². The van der Waals surface area contributed by atoms with Crippen LogP contribution in [0.25, 0.3) is 0 Å². The number of carbonyl (C=O) groups excluding carboxylic acids is 1. The van der Waals surface area contributed by atoms with Gasteiger partial charge in [-0.1, -0.05) is 23.7 Å². The van der Waals surface area contributed by atoms with E-state index in [0.717, 1.165) is 5.56 Å². The van der Waals surface area contributed by atoms with Gasteiger partial charge in [0.05, 0.1) is 12.1 Å². The average Bonchev–Trinajstić information content (AvgIpc) is 2.59. The Bertz CT molecular complexity index is 898. The second-order valence-corrected chi connectivity index (χ2v) is 7.62. The topological polar surface area (TPSA) is 108 Å². The van der Waals surface area contributed by atoms with E-state index in [1.807, 2.05) is 0 Å². The summed E-state index contributed by atoms with van der Waals surface area (Å²) < 4.78 is 37.9. The fourth-order valence-corrected chi connectivity index (χ4v) is 3.76. The van der Waals surface area contributed by atoms with E-state index < -0.39 is 15.9 Å². The molecule has 140 valence electrons. The highest BCUT2D eigenvalue weighted by molar-refractivity contribution is 7.89. The first-order valence-corrected chi connectivity index (χ1v) is 9.43. The molecule has 2 aromatic rings. The number of hydrogen-bond donors (Lipinski definition) is 2. The summed E-state index contributed by atoms with van der Waals surface area (Å²) >= 11 is 6.09. The van der Waals surface area contributed by atoms with Crippen molar-refractivity contribution < 1.29 is 22.7 Å². The van der Waals surface area contributed by atoms with Crippen molar-refractivity contribution in [2.45, 2.75) is 18.4 Å². The molecule has 0 unspecified atom stereocenters. The number of rotatable bonds is 8. The first kappa shape index (κ1) is 20.0. The number of ether oxygens (including phenoxy) is 2. The number of nitrogens with two attached hydrogens (primary N) is 1. The molecule has 9 heteroatoms. The van der Waals surface area contributed by atoms with Gasteiger partial charge in [-0.25, -0.2) is 13.1 Å². The minimum atomic E-state index is -3.89. The maximum absolute atomic E-state index is 12.6. The van der Waals surface area contributed by atoms with E-state index >= 15 is 0 Å². The number of methoxy groups -OCH3 is 1. The maximum Gasteiger partial charge on any atom is 0.255 e. The number of aryl methyl sites for hydroxylation is 1. The normalized spacial score (nSPS) is 11.2. The molecular weight excluding hydrogens is 380 g/mol. The zero-order valence-electron chi connectivity index (χ0n) is 14.3. The number of nitrogens with one attached hydrogen (secondary N) is 1. The lowest BCUT2D eigenvalue weighted by Crippen LogP contribution is -2.24. The number of hydrogen-bond acceptors (Lipinski definition) is 5. The molecule has 0 bridgehead atoms. The Morgan fingerprint density at radius 2 is 1.88 bits per heavy atom.